The zero-order valence-electron chi connectivity index (χ0n) is 4.70. The molecule has 0 saturated heterocycles. The highest BCUT2D eigenvalue weighted by molar-refractivity contribution is 5.46. The van der Waals surface area contributed by atoms with Crippen LogP contribution in [-0.4, -0.2) is 18.6 Å². The van der Waals surface area contributed by atoms with Gasteiger partial charge in [-0.15, -0.1) is 0 Å². The van der Waals surface area contributed by atoms with Crippen molar-refractivity contribution in [2.75, 3.05) is 0 Å². The van der Waals surface area contributed by atoms with Crippen molar-refractivity contribution in [3.8, 4) is 0 Å². The van der Waals surface area contributed by atoms with Crippen molar-refractivity contribution in [2.24, 2.45) is 0 Å². The zero-order chi connectivity index (χ0) is 7.49. The van der Waals surface area contributed by atoms with Gasteiger partial charge in [0.05, 0.1) is 0 Å². The van der Waals surface area contributed by atoms with E-state index in [4.69, 9.17) is 0 Å². The number of nitrogens with one attached hydrogen (secondary N) is 1. The van der Waals surface area contributed by atoms with Gasteiger partial charge in [-0.05, 0) is 6.92 Å². The first kappa shape index (κ1) is 8.26. The van der Waals surface area contributed by atoms with E-state index in [1.165, 1.54) is 0 Å². The first-order valence-electron chi connectivity index (χ1n) is 2.25. The first-order chi connectivity index (χ1) is 3.98. The van der Waals surface area contributed by atoms with Crippen LogP contribution in [0.5, 0.6) is 0 Å². The van der Waals surface area contributed by atoms with E-state index in [9.17, 15) is 18.0 Å². The van der Waals surface area contributed by atoms with Crippen LogP contribution in [0.15, 0.2) is 0 Å². The van der Waals surface area contributed by atoms with Gasteiger partial charge in [0.2, 0.25) is 6.41 Å². The maximum Gasteiger partial charge on any atom is 0.408 e. The fourth-order valence-electron chi connectivity index (χ4n) is 0.197. The summed E-state index contributed by atoms with van der Waals surface area (Å²) in [6.45, 7) is 0.869. The van der Waals surface area contributed by atoms with Crippen LogP contribution < -0.4 is 5.32 Å². The van der Waals surface area contributed by atoms with Gasteiger partial charge >= 0.3 is 6.18 Å². The Bertz CT molecular complexity index is 100. The third-order valence-corrected chi connectivity index (χ3v) is 0.809. The summed E-state index contributed by atoms with van der Waals surface area (Å²) in [6.07, 6.45) is -4.31. The molecule has 0 spiro atoms. The molecule has 0 aromatic rings. The fraction of sp³-hybridized carbons (Fsp3) is 0.750. The Labute approximate surface area is 50.0 Å². The maximum atomic E-state index is 11.4. The van der Waals surface area contributed by atoms with E-state index in [0.29, 0.717) is 0 Å². The predicted octanol–water partition coefficient (Wildman–Crippen LogP) is 0.683. The minimum atomic E-state index is -4.33. The summed E-state index contributed by atoms with van der Waals surface area (Å²) in [5.74, 6) is 0. The number of halogens is 3. The van der Waals surface area contributed by atoms with E-state index in [2.05, 4.69) is 0 Å². The maximum absolute atomic E-state index is 11.4. The van der Waals surface area contributed by atoms with Crippen LogP contribution in [0, 0.1) is 0 Å². The standard InChI is InChI=1S/C4H6F3NO/c1-3(8-2-9)4(5,6)7/h2-3H,1H3,(H,8,9)/t3-/m1/s1. The highest BCUT2D eigenvalue weighted by Gasteiger charge is 2.35. The second kappa shape index (κ2) is 2.70. The topological polar surface area (TPSA) is 29.1 Å². The number of rotatable bonds is 2. The van der Waals surface area contributed by atoms with Gasteiger partial charge in [0.25, 0.3) is 0 Å². The highest BCUT2D eigenvalue weighted by Crippen LogP contribution is 2.18. The molecule has 0 fully saturated rings. The van der Waals surface area contributed by atoms with Crippen LogP contribution in [0.4, 0.5) is 13.2 Å². The lowest BCUT2D eigenvalue weighted by Gasteiger charge is -2.13. The molecule has 1 amide bonds. The molecule has 0 bridgehead atoms. The zero-order valence-corrected chi connectivity index (χ0v) is 4.70. The summed E-state index contributed by atoms with van der Waals surface area (Å²) in [4.78, 5) is 9.45. The average Bonchev–Trinajstić information content (AvgIpc) is 1.64. The van der Waals surface area contributed by atoms with Crippen molar-refractivity contribution in [3.05, 3.63) is 0 Å². The van der Waals surface area contributed by atoms with E-state index in [0.717, 1.165) is 6.92 Å². The van der Waals surface area contributed by atoms with Crippen LogP contribution in [0.3, 0.4) is 0 Å². The lowest BCUT2D eigenvalue weighted by atomic mass is 10.3. The van der Waals surface area contributed by atoms with Crippen molar-refractivity contribution in [1.82, 2.24) is 5.32 Å². The van der Waals surface area contributed by atoms with E-state index in [1.54, 1.807) is 5.32 Å². The van der Waals surface area contributed by atoms with Crippen LogP contribution >= 0.6 is 0 Å². The van der Waals surface area contributed by atoms with Gasteiger partial charge in [-0.25, -0.2) is 0 Å². The van der Waals surface area contributed by atoms with Crippen LogP contribution in [0.25, 0.3) is 0 Å². The number of amides is 1. The molecule has 5 heteroatoms. The molecule has 9 heavy (non-hydrogen) atoms. The van der Waals surface area contributed by atoms with Gasteiger partial charge < -0.3 is 5.32 Å². The summed E-state index contributed by atoms with van der Waals surface area (Å²) in [7, 11) is 0. The van der Waals surface area contributed by atoms with Crippen molar-refractivity contribution < 1.29 is 18.0 Å². The number of carbonyl (C=O) groups excluding carboxylic acids is 1. The monoisotopic (exact) mass is 141 g/mol. The molecule has 0 unspecified atom stereocenters. The van der Waals surface area contributed by atoms with Crippen LogP contribution in [0.1, 0.15) is 6.92 Å². The molecule has 0 heterocycles. The van der Waals surface area contributed by atoms with Crippen molar-refractivity contribution in [3.63, 3.8) is 0 Å². The quantitative estimate of drug-likeness (QED) is 0.563. The third-order valence-electron chi connectivity index (χ3n) is 0.809. The molecule has 0 aliphatic rings. The Kier molecular flexibility index (Phi) is 2.48. The number of alkyl halides is 3. The molecule has 1 N–H and O–H groups in total. The van der Waals surface area contributed by atoms with Crippen LogP contribution in [-0.2, 0) is 4.79 Å². The van der Waals surface area contributed by atoms with E-state index in [1.807, 2.05) is 0 Å². The van der Waals surface area contributed by atoms with Gasteiger partial charge in [-0.2, -0.15) is 13.2 Å². The molecule has 2 nitrogen and oxygen atoms in total. The first-order valence-corrected chi connectivity index (χ1v) is 2.25. The molecular weight excluding hydrogens is 135 g/mol. The fourth-order valence-corrected chi connectivity index (χ4v) is 0.197. The summed E-state index contributed by atoms with van der Waals surface area (Å²) < 4.78 is 34.2. The lowest BCUT2D eigenvalue weighted by Crippen LogP contribution is -2.38. The van der Waals surface area contributed by atoms with E-state index < -0.39 is 12.2 Å². The molecule has 0 aromatic carbocycles. The van der Waals surface area contributed by atoms with E-state index in [-0.39, 0.29) is 6.41 Å². The second-order valence-electron chi connectivity index (χ2n) is 1.55. The predicted molar refractivity (Wildman–Crippen MR) is 24.7 cm³/mol. The number of carbonyl (C=O) groups is 1. The molecule has 0 radical (unpaired) electrons. The van der Waals surface area contributed by atoms with Gasteiger partial charge in [-0.3, -0.25) is 4.79 Å². The molecular formula is C4H6F3NO. The summed E-state index contributed by atoms with van der Waals surface area (Å²) in [5, 5.41) is 1.58. The molecule has 0 aliphatic heterocycles. The molecule has 0 aromatic heterocycles. The molecule has 0 saturated carbocycles. The Morgan fingerprint density at radius 2 is 2.00 bits per heavy atom. The van der Waals surface area contributed by atoms with Gasteiger partial charge in [0, 0.05) is 0 Å². The third kappa shape index (κ3) is 2.94. The number of hydrogen-bond donors (Lipinski definition) is 1. The van der Waals surface area contributed by atoms with Gasteiger partial charge in [0.15, 0.2) is 0 Å². The summed E-state index contributed by atoms with van der Waals surface area (Å²) >= 11 is 0. The summed E-state index contributed by atoms with van der Waals surface area (Å²) in [6, 6.07) is -1.75. The Balaban J connectivity index is 3.72. The minimum Gasteiger partial charge on any atom is -0.347 e. The molecule has 1 atom stereocenters. The summed E-state index contributed by atoms with van der Waals surface area (Å²) in [5.41, 5.74) is 0. The number of hydrogen-bond acceptors (Lipinski definition) is 1. The SMILES string of the molecule is C[C@@H](NC=O)C(F)(F)F. The average molecular weight is 141 g/mol. The smallest absolute Gasteiger partial charge is 0.347 e. The Morgan fingerprint density at radius 1 is 1.56 bits per heavy atom. The van der Waals surface area contributed by atoms with Gasteiger partial charge in [0.1, 0.15) is 6.04 Å². The lowest BCUT2D eigenvalue weighted by molar-refractivity contribution is -0.154. The highest BCUT2D eigenvalue weighted by atomic mass is 19.4. The Hall–Kier alpha value is -0.740. The molecule has 0 rings (SSSR count). The van der Waals surface area contributed by atoms with Crippen molar-refractivity contribution in [2.45, 2.75) is 19.1 Å². The normalized spacial score (nSPS) is 14.7. The molecule has 54 valence electrons. The van der Waals surface area contributed by atoms with E-state index >= 15 is 0 Å². The minimum absolute atomic E-state index is 0.0259. The van der Waals surface area contributed by atoms with Gasteiger partial charge in [-0.1, -0.05) is 0 Å². The van der Waals surface area contributed by atoms with Crippen LogP contribution in [0.2, 0.25) is 0 Å². The Morgan fingerprint density at radius 3 is 2.11 bits per heavy atom. The van der Waals surface area contributed by atoms with Crippen molar-refractivity contribution >= 4 is 6.41 Å². The largest absolute Gasteiger partial charge is 0.408 e. The molecule has 0 aliphatic carbocycles. The van der Waals surface area contributed by atoms with Crippen molar-refractivity contribution in [1.29, 1.82) is 0 Å². The second-order valence-corrected chi connectivity index (χ2v) is 1.55.